The summed E-state index contributed by atoms with van der Waals surface area (Å²) in [5.74, 6) is 0. The number of hydrogen-bond acceptors (Lipinski definition) is 3. The molecule has 0 spiro atoms. The van der Waals surface area contributed by atoms with Crippen LogP contribution in [0.5, 0.6) is 0 Å². The molecule has 0 amide bonds. The van der Waals surface area contributed by atoms with Crippen LogP contribution in [0.4, 0.5) is 0 Å². The van der Waals surface area contributed by atoms with E-state index in [0.29, 0.717) is 6.04 Å². The van der Waals surface area contributed by atoms with Gasteiger partial charge in [0.15, 0.2) is 0 Å². The van der Waals surface area contributed by atoms with Gasteiger partial charge in [-0.3, -0.25) is 4.90 Å². The highest BCUT2D eigenvalue weighted by Crippen LogP contribution is 2.29. The smallest absolute Gasteiger partial charge is 0.0674 e. The summed E-state index contributed by atoms with van der Waals surface area (Å²) >= 11 is 0. The lowest BCUT2D eigenvalue weighted by atomic mass is 9.92. The van der Waals surface area contributed by atoms with E-state index in [2.05, 4.69) is 49.9 Å². The molecule has 0 bridgehead atoms. The third kappa shape index (κ3) is 3.60. The summed E-state index contributed by atoms with van der Waals surface area (Å²) in [4.78, 5) is 2.52. The summed E-state index contributed by atoms with van der Waals surface area (Å²) in [6.07, 6.45) is 2.36. The molecule has 1 aromatic rings. The van der Waals surface area contributed by atoms with E-state index in [9.17, 15) is 0 Å². The van der Waals surface area contributed by atoms with Crippen LogP contribution in [0.3, 0.4) is 0 Å². The lowest BCUT2D eigenvalue weighted by Crippen LogP contribution is -2.43. The molecule has 112 valence electrons. The second kappa shape index (κ2) is 7.21. The van der Waals surface area contributed by atoms with E-state index in [0.717, 1.165) is 32.5 Å². The fraction of sp³-hybridized carbons (Fsp3) is 0.647. The van der Waals surface area contributed by atoms with Gasteiger partial charge in [-0.05, 0) is 37.8 Å². The summed E-state index contributed by atoms with van der Waals surface area (Å²) < 4.78 is 5.78. The molecule has 1 aliphatic heterocycles. The molecule has 1 fully saturated rings. The van der Waals surface area contributed by atoms with E-state index in [1.807, 2.05) is 0 Å². The van der Waals surface area contributed by atoms with Gasteiger partial charge in [-0.15, -0.1) is 0 Å². The van der Waals surface area contributed by atoms with Crippen LogP contribution >= 0.6 is 0 Å². The molecular formula is C17H28N2O. The molecule has 2 N–H and O–H groups in total. The second-order valence-corrected chi connectivity index (χ2v) is 5.90. The SMILES string of the molecule is CCC(N)C(c1ccccc1C)N1CCCOC(C)C1. The Bertz CT molecular complexity index is 421. The molecule has 1 aliphatic rings. The van der Waals surface area contributed by atoms with Crippen LogP contribution in [-0.4, -0.2) is 36.7 Å². The summed E-state index contributed by atoms with van der Waals surface area (Å²) in [6.45, 7) is 9.41. The predicted octanol–water partition coefficient (Wildman–Crippen LogP) is 2.88. The molecule has 20 heavy (non-hydrogen) atoms. The van der Waals surface area contributed by atoms with E-state index in [1.54, 1.807) is 0 Å². The van der Waals surface area contributed by atoms with E-state index < -0.39 is 0 Å². The molecule has 3 atom stereocenters. The van der Waals surface area contributed by atoms with Crippen LogP contribution in [0, 0.1) is 6.92 Å². The Morgan fingerprint density at radius 3 is 2.85 bits per heavy atom. The lowest BCUT2D eigenvalue weighted by Gasteiger charge is -2.36. The Morgan fingerprint density at radius 2 is 2.15 bits per heavy atom. The van der Waals surface area contributed by atoms with Gasteiger partial charge in [0.1, 0.15) is 0 Å². The van der Waals surface area contributed by atoms with Gasteiger partial charge in [-0.2, -0.15) is 0 Å². The number of rotatable bonds is 4. The van der Waals surface area contributed by atoms with Crippen LogP contribution in [0.15, 0.2) is 24.3 Å². The first kappa shape index (κ1) is 15.5. The monoisotopic (exact) mass is 276 g/mol. The molecule has 0 aromatic heterocycles. The van der Waals surface area contributed by atoms with Crippen molar-refractivity contribution in [2.75, 3.05) is 19.7 Å². The normalized spacial score (nSPS) is 24.1. The Kier molecular flexibility index (Phi) is 5.58. The van der Waals surface area contributed by atoms with Crippen molar-refractivity contribution in [3.63, 3.8) is 0 Å². The van der Waals surface area contributed by atoms with Gasteiger partial charge in [-0.1, -0.05) is 31.2 Å². The fourth-order valence-electron chi connectivity index (χ4n) is 3.12. The maximum atomic E-state index is 6.46. The first-order valence-corrected chi connectivity index (χ1v) is 7.80. The second-order valence-electron chi connectivity index (χ2n) is 5.90. The maximum Gasteiger partial charge on any atom is 0.0674 e. The molecule has 3 nitrogen and oxygen atoms in total. The molecule has 1 saturated heterocycles. The number of nitrogens with zero attached hydrogens (tertiary/aromatic N) is 1. The first-order valence-electron chi connectivity index (χ1n) is 7.80. The van der Waals surface area contributed by atoms with Crippen molar-refractivity contribution in [3.8, 4) is 0 Å². The topological polar surface area (TPSA) is 38.5 Å². The van der Waals surface area contributed by atoms with Gasteiger partial charge in [0.2, 0.25) is 0 Å². The quantitative estimate of drug-likeness (QED) is 0.919. The number of hydrogen-bond donors (Lipinski definition) is 1. The van der Waals surface area contributed by atoms with Crippen molar-refractivity contribution in [3.05, 3.63) is 35.4 Å². The first-order chi connectivity index (χ1) is 9.63. The zero-order chi connectivity index (χ0) is 14.5. The minimum atomic E-state index is 0.168. The van der Waals surface area contributed by atoms with Crippen molar-refractivity contribution >= 4 is 0 Å². The van der Waals surface area contributed by atoms with Crippen molar-refractivity contribution < 1.29 is 4.74 Å². The van der Waals surface area contributed by atoms with Crippen LogP contribution < -0.4 is 5.73 Å². The molecule has 0 aliphatic carbocycles. The highest BCUT2D eigenvalue weighted by atomic mass is 16.5. The van der Waals surface area contributed by atoms with Crippen LogP contribution in [-0.2, 0) is 4.74 Å². The summed E-state index contributed by atoms with van der Waals surface area (Å²) in [7, 11) is 0. The molecule has 2 rings (SSSR count). The summed E-state index contributed by atoms with van der Waals surface area (Å²) in [6, 6.07) is 9.09. The fourth-order valence-corrected chi connectivity index (χ4v) is 3.12. The molecule has 1 aromatic carbocycles. The largest absolute Gasteiger partial charge is 0.377 e. The maximum absolute atomic E-state index is 6.46. The number of nitrogens with two attached hydrogens (primary N) is 1. The van der Waals surface area contributed by atoms with Crippen molar-refractivity contribution in [1.82, 2.24) is 4.90 Å². The zero-order valence-electron chi connectivity index (χ0n) is 13.0. The van der Waals surface area contributed by atoms with Gasteiger partial charge in [0.25, 0.3) is 0 Å². The molecule has 1 heterocycles. The van der Waals surface area contributed by atoms with Gasteiger partial charge < -0.3 is 10.5 Å². The van der Waals surface area contributed by atoms with Gasteiger partial charge in [0, 0.05) is 25.7 Å². The zero-order valence-corrected chi connectivity index (χ0v) is 13.0. The minimum Gasteiger partial charge on any atom is -0.377 e. The average Bonchev–Trinajstić information content (AvgIpc) is 2.65. The molecule has 0 saturated carbocycles. The molecular weight excluding hydrogens is 248 g/mol. The van der Waals surface area contributed by atoms with Crippen LogP contribution in [0.2, 0.25) is 0 Å². The highest BCUT2D eigenvalue weighted by Gasteiger charge is 2.29. The van der Waals surface area contributed by atoms with E-state index in [4.69, 9.17) is 10.5 Å². The Hall–Kier alpha value is -0.900. The van der Waals surface area contributed by atoms with Crippen molar-refractivity contribution in [1.29, 1.82) is 0 Å². The van der Waals surface area contributed by atoms with Crippen LogP contribution in [0.1, 0.15) is 43.9 Å². The summed E-state index contributed by atoms with van der Waals surface area (Å²) in [5, 5.41) is 0. The van der Waals surface area contributed by atoms with E-state index >= 15 is 0 Å². The molecule has 3 heteroatoms. The number of aryl methyl sites for hydroxylation is 1. The predicted molar refractivity (Wildman–Crippen MR) is 83.8 cm³/mol. The lowest BCUT2D eigenvalue weighted by molar-refractivity contribution is 0.0574. The van der Waals surface area contributed by atoms with Crippen LogP contribution in [0.25, 0.3) is 0 Å². The third-order valence-corrected chi connectivity index (χ3v) is 4.26. The Labute approximate surface area is 123 Å². The standard InChI is InChI=1S/C17H28N2O/c1-4-16(18)17(15-9-6-5-8-13(15)2)19-10-7-11-20-14(3)12-19/h5-6,8-9,14,16-17H,4,7,10-12,18H2,1-3H3. The average molecular weight is 276 g/mol. The minimum absolute atomic E-state index is 0.168. The Balaban J connectivity index is 2.29. The van der Waals surface area contributed by atoms with Gasteiger partial charge in [-0.25, -0.2) is 0 Å². The van der Waals surface area contributed by atoms with Gasteiger partial charge >= 0.3 is 0 Å². The number of ether oxygens (including phenoxy) is 1. The van der Waals surface area contributed by atoms with Gasteiger partial charge in [0.05, 0.1) is 12.1 Å². The van der Waals surface area contributed by atoms with Crippen molar-refractivity contribution in [2.24, 2.45) is 5.73 Å². The number of benzene rings is 1. The van der Waals surface area contributed by atoms with E-state index in [-0.39, 0.29) is 12.1 Å². The third-order valence-electron chi connectivity index (χ3n) is 4.26. The Morgan fingerprint density at radius 1 is 1.40 bits per heavy atom. The summed E-state index contributed by atoms with van der Waals surface area (Å²) in [5.41, 5.74) is 9.17. The molecule has 0 radical (unpaired) electrons. The molecule has 3 unspecified atom stereocenters. The van der Waals surface area contributed by atoms with Crippen molar-refractivity contribution in [2.45, 2.75) is 51.8 Å². The van der Waals surface area contributed by atoms with E-state index in [1.165, 1.54) is 11.1 Å². The highest BCUT2D eigenvalue weighted by molar-refractivity contribution is 5.30.